The Bertz CT molecular complexity index is 993. The van der Waals surface area contributed by atoms with Gasteiger partial charge in [0.25, 0.3) is 0 Å². The van der Waals surface area contributed by atoms with E-state index in [1.807, 2.05) is 31.2 Å². The van der Waals surface area contributed by atoms with Crippen molar-refractivity contribution in [2.24, 2.45) is 0 Å². The number of fused-ring (bicyclic) bond motifs is 1. The van der Waals surface area contributed by atoms with Crippen LogP contribution >= 0.6 is 11.8 Å². The van der Waals surface area contributed by atoms with E-state index in [0.717, 1.165) is 16.5 Å². The molecule has 0 aliphatic heterocycles. The summed E-state index contributed by atoms with van der Waals surface area (Å²) in [6.07, 6.45) is 0. The van der Waals surface area contributed by atoms with Crippen LogP contribution in [0.25, 0.3) is 10.9 Å². The molecule has 4 nitrogen and oxygen atoms in total. The van der Waals surface area contributed by atoms with E-state index in [0.29, 0.717) is 21.9 Å². The zero-order valence-corrected chi connectivity index (χ0v) is 14.8. The monoisotopic (exact) mass is 348 g/mol. The Morgan fingerprint density at radius 2 is 2.04 bits per heavy atom. The van der Waals surface area contributed by atoms with Crippen LogP contribution in [0.1, 0.15) is 21.5 Å². The van der Waals surface area contributed by atoms with Crippen molar-refractivity contribution in [3.05, 3.63) is 65.2 Å². The minimum Gasteiger partial charge on any atom is -0.497 e. The highest BCUT2D eigenvalue weighted by molar-refractivity contribution is 8.00. The predicted octanol–water partition coefficient (Wildman–Crippen LogP) is 4.40. The SMILES string of the molecule is COc1cccc(C(=O)CSc2nc3c(C)cccc3cc2C#N)c1. The number of thioether (sulfide) groups is 1. The molecule has 3 rings (SSSR count). The third kappa shape index (κ3) is 3.65. The molecule has 0 unspecified atom stereocenters. The number of hydrogen-bond acceptors (Lipinski definition) is 5. The van der Waals surface area contributed by atoms with Crippen molar-refractivity contribution in [3.63, 3.8) is 0 Å². The van der Waals surface area contributed by atoms with Crippen LogP contribution in [0.15, 0.2) is 53.6 Å². The molecule has 0 aliphatic carbocycles. The van der Waals surface area contributed by atoms with E-state index in [-0.39, 0.29) is 11.5 Å². The lowest BCUT2D eigenvalue weighted by Gasteiger charge is -2.07. The highest BCUT2D eigenvalue weighted by atomic mass is 32.2. The van der Waals surface area contributed by atoms with Crippen LogP contribution in [0, 0.1) is 18.3 Å². The Kier molecular flexibility index (Phi) is 5.01. The van der Waals surface area contributed by atoms with Gasteiger partial charge in [-0.1, -0.05) is 42.1 Å². The molecule has 25 heavy (non-hydrogen) atoms. The number of aryl methyl sites for hydroxylation is 1. The number of para-hydroxylation sites is 1. The van der Waals surface area contributed by atoms with Crippen LogP contribution in [-0.2, 0) is 0 Å². The normalized spacial score (nSPS) is 10.4. The van der Waals surface area contributed by atoms with Crippen molar-refractivity contribution in [2.45, 2.75) is 11.9 Å². The molecule has 0 atom stereocenters. The van der Waals surface area contributed by atoms with Gasteiger partial charge in [-0.05, 0) is 30.7 Å². The van der Waals surface area contributed by atoms with Crippen LogP contribution in [0.2, 0.25) is 0 Å². The molecule has 0 amide bonds. The van der Waals surface area contributed by atoms with Crippen molar-refractivity contribution in [3.8, 4) is 11.8 Å². The Morgan fingerprint density at radius 3 is 2.80 bits per heavy atom. The lowest BCUT2D eigenvalue weighted by molar-refractivity contribution is 0.102. The Labute approximate surface area is 150 Å². The fourth-order valence-electron chi connectivity index (χ4n) is 2.53. The van der Waals surface area contributed by atoms with Gasteiger partial charge in [0.1, 0.15) is 16.8 Å². The minimum atomic E-state index is -0.0283. The number of hydrogen-bond donors (Lipinski definition) is 0. The van der Waals surface area contributed by atoms with Gasteiger partial charge in [-0.15, -0.1) is 0 Å². The zero-order chi connectivity index (χ0) is 17.8. The second-order valence-electron chi connectivity index (χ2n) is 5.54. The number of Topliss-reactive ketones (excluding diaryl/α,β-unsaturated/α-hetero) is 1. The minimum absolute atomic E-state index is 0.0283. The third-order valence-electron chi connectivity index (χ3n) is 3.86. The first-order chi connectivity index (χ1) is 12.1. The molecule has 3 aromatic rings. The highest BCUT2D eigenvalue weighted by Crippen LogP contribution is 2.27. The van der Waals surface area contributed by atoms with Gasteiger partial charge in [-0.25, -0.2) is 4.98 Å². The second kappa shape index (κ2) is 7.37. The molecule has 1 aromatic heterocycles. The van der Waals surface area contributed by atoms with Crippen molar-refractivity contribution in [2.75, 3.05) is 12.9 Å². The van der Waals surface area contributed by atoms with Crippen LogP contribution in [0.5, 0.6) is 5.75 Å². The lowest BCUT2D eigenvalue weighted by atomic mass is 10.1. The average Bonchev–Trinajstić information content (AvgIpc) is 2.65. The average molecular weight is 348 g/mol. The van der Waals surface area contributed by atoms with Crippen LogP contribution in [0.3, 0.4) is 0 Å². The fourth-order valence-corrected chi connectivity index (χ4v) is 3.38. The molecule has 2 aromatic carbocycles. The number of aromatic nitrogens is 1. The van der Waals surface area contributed by atoms with E-state index in [1.165, 1.54) is 11.8 Å². The van der Waals surface area contributed by atoms with Gasteiger partial charge in [0, 0.05) is 10.9 Å². The van der Waals surface area contributed by atoms with Crippen molar-refractivity contribution >= 4 is 28.4 Å². The largest absolute Gasteiger partial charge is 0.497 e. The van der Waals surface area contributed by atoms with Crippen molar-refractivity contribution in [1.82, 2.24) is 4.98 Å². The van der Waals surface area contributed by atoms with Gasteiger partial charge in [-0.2, -0.15) is 5.26 Å². The molecule has 0 saturated carbocycles. The summed E-state index contributed by atoms with van der Waals surface area (Å²) in [5.74, 6) is 0.833. The van der Waals surface area contributed by atoms with Crippen molar-refractivity contribution in [1.29, 1.82) is 5.26 Å². The summed E-state index contributed by atoms with van der Waals surface area (Å²) in [5.41, 5.74) is 2.98. The maximum atomic E-state index is 12.4. The summed E-state index contributed by atoms with van der Waals surface area (Å²) in [4.78, 5) is 17.0. The maximum Gasteiger partial charge on any atom is 0.173 e. The number of pyridine rings is 1. The molecule has 124 valence electrons. The molecule has 0 spiro atoms. The van der Waals surface area contributed by atoms with Crippen molar-refractivity contribution < 1.29 is 9.53 Å². The van der Waals surface area contributed by atoms with Gasteiger partial charge in [0.15, 0.2) is 5.78 Å². The van der Waals surface area contributed by atoms with Gasteiger partial charge in [-0.3, -0.25) is 4.79 Å². The van der Waals surface area contributed by atoms with E-state index in [2.05, 4.69) is 11.1 Å². The van der Waals surface area contributed by atoms with Crippen LogP contribution in [0.4, 0.5) is 0 Å². The first-order valence-electron chi connectivity index (χ1n) is 7.73. The number of carbonyl (C=O) groups is 1. The summed E-state index contributed by atoms with van der Waals surface area (Å²) in [5, 5.41) is 10.9. The highest BCUT2D eigenvalue weighted by Gasteiger charge is 2.13. The molecule has 5 heteroatoms. The molecule has 0 radical (unpaired) electrons. The number of nitriles is 1. The summed E-state index contributed by atoms with van der Waals surface area (Å²) < 4.78 is 5.15. The molecule has 0 aliphatic rings. The first kappa shape index (κ1) is 17.0. The maximum absolute atomic E-state index is 12.4. The van der Waals surface area contributed by atoms with Gasteiger partial charge >= 0.3 is 0 Å². The standard InChI is InChI=1S/C20H16N2O2S/c1-13-5-3-7-15-9-16(11-21)20(22-19(13)15)25-12-18(23)14-6-4-8-17(10-14)24-2/h3-10H,12H2,1-2H3. The summed E-state index contributed by atoms with van der Waals surface area (Å²) >= 11 is 1.29. The number of ether oxygens (including phenoxy) is 1. The third-order valence-corrected chi connectivity index (χ3v) is 4.86. The molecule has 0 fully saturated rings. The topological polar surface area (TPSA) is 63.0 Å². The van der Waals surface area contributed by atoms with Crippen LogP contribution < -0.4 is 4.74 Å². The number of methoxy groups -OCH3 is 1. The lowest BCUT2D eigenvalue weighted by Crippen LogP contribution is -2.03. The molecular weight excluding hydrogens is 332 g/mol. The molecule has 0 saturated heterocycles. The summed E-state index contributed by atoms with van der Waals surface area (Å²) in [6.45, 7) is 1.98. The van der Waals surface area contributed by atoms with E-state index in [4.69, 9.17) is 4.74 Å². The Hall–Kier alpha value is -2.84. The summed E-state index contributed by atoms with van der Waals surface area (Å²) in [6, 6.07) is 16.9. The van der Waals surface area contributed by atoms with E-state index >= 15 is 0 Å². The number of nitrogens with zero attached hydrogens (tertiary/aromatic N) is 2. The zero-order valence-electron chi connectivity index (χ0n) is 13.9. The number of benzene rings is 2. The second-order valence-corrected chi connectivity index (χ2v) is 6.51. The molecular formula is C20H16N2O2S. The summed E-state index contributed by atoms with van der Waals surface area (Å²) in [7, 11) is 1.57. The van der Waals surface area contributed by atoms with Gasteiger partial charge < -0.3 is 4.74 Å². The van der Waals surface area contributed by atoms with E-state index < -0.39 is 0 Å². The van der Waals surface area contributed by atoms with Crippen LogP contribution in [-0.4, -0.2) is 23.6 Å². The number of carbonyl (C=O) groups excluding carboxylic acids is 1. The predicted molar refractivity (Wildman–Crippen MR) is 99.2 cm³/mol. The number of rotatable bonds is 5. The van der Waals surface area contributed by atoms with E-state index in [1.54, 1.807) is 31.4 Å². The molecule has 1 heterocycles. The number of ketones is 1. The molecule has 0 N–H and O–H groups in total. The van der Waals surface area contributed by atoms with Gasteiger partial charge in [0.05, 0.1) is 23.9 Å². The van der Waals surface area contributed by atoms with Gasteiger partial charge in [0.2, 0.25) is 0 Å². The smallest absolute Gasteiger partial charge is 0.173 e. The molecule has 0 bridgehead atoms. The van der Waals surface area contributed by atoms with E-state index in [9.17, 15) is 10.1 Å². The Morgan fingerprint density at radius 1 is 1.24 bits per heavy atom. The fraction of sp³-hybridized carbons (Fsp3) is 0.150. The first-order valence-corrected chi connectivity index (χ1v) is 8.71. The Balaban J connectivity index is 1.86. The quantitative estimate of drug-likeness (QED) is 0.505.